The standard InChI is InChI=1S/C33H34F3N5O3/c34-26-7-2-18-12-22(43)13-25(27(18)29(26)36)23-5-6-24-30(28(23)35)38-32(39-31(24)40-14-19-3-4-20(15-40)37-19)44-17-33-9-1-11-41(33)21(16-42)8-10-33/h2,5-7,12-13,19-21,37,42-43H,1,3-4,8-11,14-17H2. The molecule has 8 rings (SSSR count). The lowest BCUT2D eigenvalue weighted by Gasteiger charge is -2.35. The summed E-state index contributed by atoms with van der Waals surface area (Å²) in [5, 5.41) is 24.6. The van der Waals surface area contributed by atoms with Gasteiger partial charge in [0.25, 0.3) is 0 Å². The van der Waals surface area contributed by atoms with Crippen molar-refractivity contribution in [3.63, 3.8) is 0 Å². The van der Waals surface area contributed by atoms with Crippen molar-refractivity contribution in [2.24, 2.45) is 0 Å². The fourth-order valence-electron chi connectivity index (χ4n) is 8.21. The van der Waals surface area contributed by atoms with Gasteiger partial charge in [0, 0.05) is 47.6 Å². The molecule has 3 aromatic carbocycles. The van der Waals surface area contributed by atoms with E-state index in [9.17, 15) is 14.6 Å². The monoisotopic (exact) mass is 605 g/mol. The van der Waals surface area contributed by atoms with Crippen molar-refractivity contribution in [3.8, 4) is 22.9 Å². The maximum atomic E-state index is 16.7. The molecule has 0 amide bonds. The van der Waals surface area contributed by atoms with Crippen LogP contribution in [0.2, 0.25) is 0 Å². The average Bonchev–Trinajstić information content (AvgIpc) is 3.70. The zero-order valence-corrected chi connectivity index (χ0v) is 24.2. The Morgan fingerprint density at radius 2 is 1.77 bits per heavy atom. The fourth-order valence-corrected chi connectivity index (χ4v) is 8.21. The van der Waals surface area contributed by atoms with Crippen LogP contribution in [0.15, 0.2) is 36.4 Å². The highest BCUT2D eigenvalue weighted by molar-refractivity contribution is 6.01. The predicted molar refractivity (Wildman–Crippen MR) is 160 cm³/mol. The Morgan fingerprint density at radius 1 is 0.955 bits per heavy atom. The van der Waals surface area contributed by atoms with Crippen LogP contribution in [0.3, 0.4) is 0 Å². The van der Waals surface area contributed by atoms with Gasteiger partial charge in [-0.25, -0.2) is 13.2 Å². The Morgan fingerprint density at radius 3 is 2.57 bits per heavy atom. The van der Waals surface area contributed by atoms with Gasteiger partial charge in [-0.3, -0.25) is 4.90 Å². The molecule has 4 fully saturated rings. The van der Waals surface area contributed by atoms with Crippen LogP contribution in [0, 0.1) is 17.5 Å². The third-order valence-corrected chi connectivity index (χ3v) is 10.3. The predicted octanol–water partition coefficient (Wildman–Crippen LogP) is 4.88. The first-order chi connectivity index (χ1) is 21.3. The Kier molecular flexibility index (Phi) is 6.62. The van der Waals surface area contributed by atoms with Crippen LogP contribution in [0.25, 0.3) is 32.8 Å². The fraction of sp³-hybridized carbons (Fsp3) is 0.455. The number of phenols is 1. The maximum absolute atomic E-state index is 16.7. The highest BCUT2D eigenvalue weighted by Gasteiger charge is 2.49. The zero-order chi connectivity index (χ0) is 30.2. The van der Waals surface area contributed by atoms with Crippen molar-refractivity contribution in [1.82, 2.24) is 20.2 Å². The molecule has 0 saturated carbocycles. The van der Waals surface area contributed by atoms with Gasteiger partial charge in [-0.2, -0.15) is 9.97 Å². The normalized spacial score (nSPS) is 26.6. The molecule has 4 aliphatic rings. The van der Waals surface area contributed by atoms with E-state index in [1.165, 1.54) is 24.3 Å². The molecule has 44 heavy (non-hydrogen) atoms. The van der Waals surface area contributed by atoms with E-state index in [1.807, 2.05) is 0 Å². The minimum atomic E-state index is -1.11. The molecule has 230 valence electrons. The molecular formula is C33H34F3N5O3. The smallest absolute Gasteiger partial charge is 0.319 e. The highest BCUT2D eigenvalue weighted by atomic mass is 19.2. The van der Waals surface area contributed by atoms with Gasteiger partial charge in [-0.1, -0.05) is 12.1 Å². The van der Waals surface area contributed by atoms with E-state index < -0.39 is 17.5 Å². The second-order valence-electron chi connectivity index (χ2n) is 12.8. The Labute approximate surface area is 252 Å². The summed E-state index contributed by atoms with van der Waals surface area (Å²) in [6.45, 7) is 2.75. The second kappa shape index (κ2) is 10.5. The largest absolute Gasteiger partial charge is 0.508 e. The average molecular weight is 606 g/mol. The molecule has 2 bridgehead atoms. The highest BCUT2D eigenvalue weighted by Crippen LogP contribution is 2.43. The summed E-state index contributed by atoms with van der Waals surface area (Å²) in [5.41, 5.74) is -0.188. The number of nitrogens with zero attached hydrogens (tertiary/aromatic N) is 4. The van der Waals surface area contributed by atoms with Crippen LogP contribution >= 0.6 is 0 Å². The summed E-state index contributed by atoms with van der Waals surface area (Å²) in [5.74, 6) is -2.52. The maximum Gasteiger partial charge on any atom is 0.319 e. The quantitative estimate of drug-likeness (QED) is 0.287. The van der Waals surface area contributed by atoms with E-state index in [2.05, 4.69) is 20.1 Å². The number of anilines is 1. The van der Waals surface area contributed by atoms with Gasteiger partial charge in [0.1, 0.15) is 23.7 Å². The van der Waals surface area contributed by atoms with Gasteiger partial charge in [0.15, 0.2) is 17.5 Å². The lowest BCUT2D eigenvalue weighted by atomic mass is 9.95. The molecule has 8 nitrogen and oxygen atoms in total. The molecule has 0 radical (unpaired) electrons. The molecule has 4 unspecified atom stereocenters. The van der Waals surface area contributed by atoms with Gasteiger partial charge in [0.05, 0.1) is 12.1 Å². The van der Waals surface area contributed by atoms with Crippen molar-refractivity contribution in [1.29, 1.82) is 0 Å². The number of piperazine rings is 1. The molecule has 5 heterocycles. The number of benzene rings is 3. The van der Waals surface area contributed by atoms with E-state index in [4.69, 9.17) is 9.72 Å². The van der Waals surface area contributed by atoms with Gasteiger partial charge < -0.3 is 25.2 Å². The number of ether oxygens (including phenoxy) is 1. The van der Waals surface area contributed by atoms with Crippen LogP contribution in [-0.2, 0) is 0 Å². The number of aromatic hydroxyl groups is 1. The summed E-state index contributed by atoms with van der Waals surface area (Å²) >= 11 is 0. The molecule has 3 N–H and O–H groups in total. The number of nitrogens with one attached hydrogen (secondary N) is 1. The molecule has 4 saturated heterocycles. The zero-order valence-electron chi connectivity index (χ0n) is 24.2. The SMILES string of the molecule is OCC1CCC2(COc3nc(N4CC5CCC(C4)N5)c4ccc(-c5cc(O)cc6ccc(F)c(F)c56)c(F)c4n3)CCCN12. The Balaban J connectivity index is 1.25. The summed E-state index contributed by atoms with van der Waals surface area (Å²) < 4.78 is 52.5. The number of aliphatic hydroxyl groups excluding tert-OH is 1. The number of aliphatic hydroxyl groups is 1. The van der Waals surface area contributed by atoms with Gasteiger partial charge in [-0.05, 0) is 80.3 Å². The van der Waals surface area contributed by atoms with Crippen molar-refractivity contribution >= 4 is 27.5 Å². The number of phenolic OH excluding ortho intramolecular Hbond substituents is 1. The van der Waals surface area contributed by atoms with E-state index in [1.54, 1.807) is 6.07 Å². The van der Waals surface area contributed by atoms with Crippen LogP contribution in [0.1, 0.15) is 38.5 Å². The van der Waals surface area contributed by atoms with E-state index in [-0.39, 0.29) is 57.4 Å². The van der Waals surface area contributed by atoms with Crippen molar-refractivity contribution in [3.05, 3.63) is 53.8 Å². The topological polar surface area (TPSA) is 94.0 Å². The minimum absolute atomic E-state index is 0.0129. The van der Waals surface area contributed by atoms with Crippen LogP contribution in [-0.4, -0.2) is 81.6 Å². The van der Waals surface area contributed by atoms with Crippen LogP contribution in [0.5, 0.6) is 11.8 Å². The third kappa shape index (κ3) is 4.39. The molecule has 0 aliphatic carbocycles. The van der Waals surface area contributed by atoms with Crippen LogP contribution < -0.4 is 15.0 Å². The Bertz CT molecular complexity index is 1780. The van der Waals surface area contributed by atoms with E-state index in [0.717, 1.165) is 51.1 Å². The first-order valence-corrected chi connectivity index (χ1v) is 15.5. The molecule has 11 heteroatoms. The molecule has 4 atom stereocenters. The number of hydrogen-bond donors (Lipinski definition) is 3. The Hall–Kier alpha value is -3.67. The van der Waals surface area contributed by atoms with Gasteiger partial charge >= 0.3 is 6.01 Å². The minimum Gasteiger partial charge on any atom is -0.508 e. The van der Waals surface area contributed by atoms with E-state index >= 15 is 8.78 Å². The van der Waals surface area contributed by atoms with Gasteiger partial charge in [0.2, 0.25) is 0 Å². The molecule has 4 aromatic rings. The number of aromatic nitrogens is 2. The third-order valence-electron chi connectivity index (χ3n) is 10.3. The second-order valence-corrected chi connectivity index (χ2v) is 12.8. The van der Waals surface area contributed by atoms with Gasteiger partial charge in [-0.15, -0.1) is 0 Å². The number of hydrogen-bond acceptors (Lipinski definition) is 8. The van der Waals surface area contributed by atoms with E-state index in [0.29, 0.717) is 43.0 Å². The number of halogens is 3. The first kappa shape index (κ1) is 27.8. The lowest BCUT2D eigenvalue weighted by Crippen LogP contribution is -2.51. The summed E-state index contributed by atoms with van der Waals surface area (Å²) in [7, 11) is 0. The summed E-state index contributed by atoms with van der Waals surface area (Å²) in [4.78, 5) is 13.9. The van der Waals surface area contributed by atoms with Crippen molar-refractivity contribution < 1.29 is 28.1 Å². The number of rotatable bonds is 6. The van der Waals surface area contributed by atoms with Crippen LogP contribution in [0.4, 0.5) is 19.0 Å². The number of fused-ring (bicyclic) bond motifs is 5. The molecule has 4 aliphatic heterocycles. The summed E-state index contributed by atoms with van der Waals surface area (Å²) in [6.07, 6.45) is 5.86. The van der Waals surface area contributed by atoms with Crippen molar-refractivity contribution in [2.45, 2.75) is 62.2 Å². The lowest BCUT2D eigenvalue weighted by molar-refractivity contribution is 0.0644. The van der Waals surface area contributed by atoms with Crippen molar-refractivity contribution in [2.75, 3.05) is 37.7 Å². The molecular weight excluding hydrogens is 571 g/mol. The first-order valence-electron chi connectivity index (χ1n) is 15.5. The molecule has 1 aromatic heterocycles. The summed E-state index contributed by atoms with van der Waals surface area (Å²) in [6, 6.07) is 8.92. The molecule has 0 spiro atoms.